The molecule has 0 spiro atoms. The largest absolute Gasteiger partial charge is 0.497 e. The number of nitrogens with zero attached hydrogens (tertiary/aromatic N) is 4. The molecule has 1 amide bonds. The summed E-state index contributed by atoms with van der Waals surface area (Å²) in [4.78, 5) is 17.4. The third kappa shape index (κ3) is 3.96. The lowest BCUT2D eigenvalue weighted by atomic mass is 10.2. The maximum Gasteiger partial charge on any atom is 0.272 e. The van der Waals surface area contributed by atoms with Gasteiger partial charge in [-0.1, -0.05) is 18.2 Å². The average molecular weight is 406 g/mol. The van der Waals surface area contributed by atoms with Crippen LogP contribution < -0.4 is 14.4 Å². The van der Waals surface area contributed by atoms with Crippen molar-refractivity contribution in [3.8, 4) is 17.2 Å². The van der Waals surface area contributed by atoms with E-state index in [9.17, 15) is 4.79 Å². The molecule has 0 bridgehead atoms. The first-order valence-electron chi connectivity index (χ1n) is 9.98. The van der Waals surface area contributed by atoms with Crippen molar-refractivity contribution in [1.82, 2.24) is 14.7 Å². The SMILES string of the molecule is COc1cc(OC)cc(N2CCN(C(=O)c3cc(C)nn3-c3ccccc3)CC2)c1. The van der Waals surface area contributed by atoms with Crippen LogP contribution in [0.3, 0.4) is 0 Å². The Morgan fingerprint density at radius 1 is 0.867 bits per heavy atom. The molecule has 7 nitrogen and oxygen atoms in total. The first kappa shape index (κ1) is 19.8. The molecular formula is C23H26N4O3. The summed E-state index contributed by atoms with van der Waals surface area (Å²) in [6.07, 6.45) is 0. The van der Waals surface area contributed by atoms with Crippen molar-refractivity contribution in [1.29, 1.82) is 0 Å². The summed E-state index contributed by atoms with van der Waals surface area (Å²) in [6.45, 7) is 4.65. The van der Waals surface area contributed by atoms with Gasteiger partial charge >= 0.3 is 0 Å². The van der Waals surface area contributed by atoms with Crippen LogP contribution in [0.4, 0.5) is 5.69 Å². The van der Waals surface area contributed by atoms with Gasteiger partial charge in [-0.05, 0) is 25.1 Å². The first-order chi connectivity index (χ1) is 14.6. The lowest BCUT2D eigenvalue weighted by molar-refractivity contribution is 0.0737. The van der Waals surface area contributed by atoms with Gasteiger partial charge in [0.1, 0.15) is 17.2 Å². The number of carbonyl (C=O) groups excluding carboxylic acids is 1. The highest BCUT2D eigenvalue weighted by atomic mass is 16.5. The number of aromatic nitrogens is 2. The van der Waals surface area contributed by atoms with Gasteiger partial charge in [-0.3, -0.25) is 4.79 Å². The molecular weight excluding hydrogens is 380 g/mol. The average Bonchev–Trinajstić information content (AvgIpc) is 3.20. The van der Waals surface area contributed by atoms with E-state index < -0.39 is 0 Å². The zero-order chi connectivity index (χ0) is 21.1. The topological polar surface area (TPSA) is 59.8 Å². The van der Waals surface area contributed by atoms with Crippen LogP contribution in [0.5, 0.6) is 11.5 Å². The Kier molecular flexibility index (Phi) is 5.61. The van der Waals surface area contributed by atoms with Crippen LogP contribution in [-0.2, 0) is 0 Å². The van der Waals surface area contributed by atoms with E-state index in [4.69, 9.17) is 9.47 Å². The number of amides is 1. The number of carbonyl (C=O) groups is 1. The molecule has 1 aliphatic rings. The van der Waals surface area contributed by atoms with Crippen molar-refractivity contribution < 1.29 is 14.3 Å². The molecule has 0 radical (unpaired) electrons. The van der Waals surface area contributed by atoms with Gasteiger partial charge in [0.05, 0.1) is 25.6 Å². The van der Waals surface area contributed by atoms with Gasteiger partial charge in [0.25, 0.3) is 5.91 Å². The second-order valence-electron chi connectivity index (χ2n) is 7.27. The van der Waals surface area contributed by atoms with Crippen LogP contribution in [0.2, 0.25) is 0 Å². The van der Waals surface area contributed by atoms with Gasteiger partial charge in [-0.15, -0.1) is 0 Å². The number of piperazine rings is 1. The van der Waals surface area contributed by atoms with E-state index in [0.717, 1.165) is 41.7 Å². The molecule has 4 rings (SSSR count). The van der Waals surface area contributed by atoms with Crippen LogP contribution in [0.1, 0.15) is 16.2 Å². The molecule has 0 atom stereocenters. The minimum Gasteiger partial charge on any atom is -0.497 e. The molecule has 1 saturated heterocycles. The van der Waals surface area contributed by atoms with Crippen LogP contribution >= 0.6 is 0 Å². The van der Waals surface area contributed by atoms with E-state index in [-0.39, 0.29) is 5.91 Å². The van der Waals surface area contributed by atoms with Crippen molar-refractivity contribution >= 4 is 11.6 Å². The van der Waals surface area contributed by atoms with Gasteiger partial charge in [0.15, 0.2) is 0 Å². The highest BCUT2D eigenvalue weighted by Crippen LogP contribution is 2.29. The maximum atomic E-state index is 13.3. The summed E-state index contributed by atoms with van der Waals surface area (Å²) < 4.78 is 12.5. The molecule has 0 N–H and O–H groups in total. The molecule has 0 aliphatic carbocycles. The predicted octanol–water partition coefficient (Wildman–Crippen LogP) is 3.16. The summed E-state index contributed by atoms with van der Waals surface area (Å²) in [5, 5.41) is 4.53. The van der Waals surface area contributed by atoms with Gasteiger partial charge in [-0.2, -0.15) is 5.10 Å². The molecule has 1 fully saturated rings. The highest BCUT2D eigenvalue weighted by Gasteiger charge is 2.26. The highest BCUT2D eigenvalue weighted by molar-refractivity contribution is 5.93. The summed E-state index contributed by atoms with van der Waals surface area (Å²) in [5.74, 6) is 1.51. The zero-order valence-corrected chi connectivity index (χ0v) is 17.5. The molecule has 1 aromatic heterocycles. The Morgan fingerprint density at radius 2 is 1.50 bits per heavy atom. The fourth-order valence-electron chi connectivity index (χ4n) is 3.72. The summed E-state index contributed by atoms with van der Waals surface area (Å²) in [6, 6.07) is 17.5. The molecule has 30 heavy (non-hydrogen) atoms. The Labute approximate surface area is 176 Å². The number of aryl methyl sites for hydroxylation is 1. The Balaban J connectivity index is 1.50. The standard InChI is InChI=1S/C23H26N4O3/c1-17-13-22(27(24-17)18-7-5-4-6-8-18)23(28)26-11-9-25(10-12-26)19-14-20(29-2)16-21(15-19)30-3/h4-8,13-16H,9-12H2,1-3H3. The molecule has 3 aromatic rings. The van der Waals surface area contributed by atoms with Gasteiger partial charge in [0.2, 0.25) is 0 Å². The summed E-state index contributed by atoms with van der Waals surface area (Å²) in [7, 11) is 3.29. The molecule has 156 valence electrons. The van der Waals surface area contributed by atoms with Crippen molar-refractivity contribution in [2.24, 2.45) is 0 Å². The summed E-state index contributed by atoms with van der Waals surface area (Å²) in [5.41, 5.74) is 3.33. The molecule has 2 aromatic carbocycles. The smallest absolute Gasteiger partial charge is 0.272 e. The van der Waals surface area contributed by atoms with Crippen LogP contribution in [0.25, 0.3) is 5.69 Å². The van der Waals surface area contributed by atoms with Gasteiger partial charge in [-0.25, -0.2) is 4.68 Å². The number of hydrogen-bond acceptors (Lipinski definition) is 5. The van der Waals surface area contributed by atoms with E-state index in [1.807, 2.05) is 66.4 Å². The van der Waals surface area contributed by atoms with E-state index in [1.54, 1.807) is 18.9 Å². The molecule has 2 heterocycles. The Morgan fingerprint density at radius 3 is 2.10 bits per heavy atom. The Hall–Kier alpha value is -3.48. The second-order valence-corrected chi connectivity index (χ2v) is 7.27. The van der Waals surface area contributed by atoms with Crippen molar-refractivity contribution in [2.75, 3.05) is 45.3 Å². The number of ether oxygens (including phenoxy) is 2. The zero-order valence-electron chi connectivity index (χ0n) is 17.5. The van der Waals surface area contributed by atoms with Gasteiger partial charge < -0.3 is 19.3 Å². The normalized spacial score (nSPS) is 14.0. The Bertz CT molecular complexity index is 1000. The monoisotopic (exact) mass is 406 g/mol. The number of rotatable bonds is 5. The van der Waals surface area contributed by atoms with Crippen LogP contribution in [0.15, 0.2) is 54.6 Å². The number of benzene rings is 2. The van der Waals surface area contributed by atoms with Crippen LogP contribution in [0, 0.1) is 6.92 Å². The predicted molar refractivity (Wildman–Crippen MR) is 116 cm³/mol. The lowest BCUT2D eigenvalue weighted by Gasteiger charge is -2.36. The fourth-order valence-corrected chi connectivity index (χ4v) is 3.72. The number of hydrogen-bond donors (Lipinski definition) is 0. The van der Waals surface area contributed by atoms with E-state index in [0.29, 0.717) is 18.8 Å². The lowest BCUT2D eigenvalue weighted by Crippen LogP contribution is -2.49. The van der Waals surface area contributed by atoms with Gasteiger partial charge in [0, 0.05) is 50.1 Å². The van der Waals surface area contributed by atoms with Crippen molar-refractivity contribution in [3.05, 3.63) is 66.0 Å². The van der Waals surface area contributed by atoms with Crippen LogP contribution in [-0.4, -0.2) is 61.0 Å². The van der Waals surface area contributed by atoms with E-state index >= 15 is 0 Å². The van der Waals surface area contributed by atoms with Crippen molar-refractivity contribution in [3.63, 3.8) is 0 Å². The number of anilines is 1. The van der Waals surface area contributed by atoms with E-state index in [2.05, 4.69) is 10.00 Å². The minimum absolute atomic E-state index is 0.00215. The fraction of sp³-hybridized carbons (Fsp3) is 0.304. The second kappa shape index (κ2) is 8.49. The first-order valence-corrected chi connectivity index (χ1v) is 9.98. The van der Waals surface area contributed by atoms with E-state index in [1.165, 1.54) is 0 Å². The molecule has 7 heteroatoms. The maximum absolute atomic E-state index is 13.3. The minimum atomic E-state index is 0.00215. The summed E-state index contributed by atoms with van der Waals surface area (Å²) >= 11 is 0. The molecule has 0 saturated carbocycles. The van der Waals surface area contributed by atoms with Crippen molar-refractivity contribution in [2.45, 2.75) is 6.92 Å². The number of para-hydroxylation sites is 1. The third-order valence-corrected chi connectivity index (χ3v) is 5.32. The molecule has 1 aliphatic heterocycles. The quantitative estimate of drug-likeness (QED) is 0.651. The molecule has 0 unspecified atom stereocenters. The number of methoxy groups -OCH3 is 2. The third-order valence-electron chi connectivity index (χ3n) is 5.32.